The van der Waals surface area contributed by atoms with Crippen LogP contribution >= 0.6 is 0 Å². The summed E-state index contributed by atoms with van der Waals surface area (Å²) in [5, 5.41) is 29.9. The fraction of sp³-hybridized carbons (Fsp3) is 0.320. The molecule has 10 heteroatoms. The van der Waals surface area contributed by atoms with E-state index in [2.05, 4.69) is 168 Å². The third-order valence-corrected chi connectivity index (χ3v) is 14.9. The van der Waals surface area contributed by atoms with Crippen molar-refractivity contribution in [3.63, 3.8) is 0 Å². The number of benzene rings is 8. The molecule has 0 N–H and O–H groups in total. The number of hydrogen-bond donors (Lipinski definition) is 0. The number of nitrogens with zero attached hydrogens (tertiary/aromatic N) is 8. The molecule has 0 bridgehead atoms. The third kappa shape index (κ3) is 10.9. The second-order valence-electron chi connectivity index (χ2n) is 17.9. The average Bonchev–Trinajstić information content (AvgIpc) is 2.10. The van der Waals surface area contributed by atoms with Crippen LogP contribution in [0.2, 0.25) is 0 Å². The molecule has 2 aliphatic carbocycles. The van der Waals surface area contributed by atoms with Crippen molar-refractivity contribution in [1.29, 1.82) is 0 Å². The van der Waals surface area contributed by atoms with E-state index in [1.807, 2.05) is 139 Å². The van der Waals surface area contributed by atoms with Crippen LogP contribution < -0.4 is 0 Å². The Labute approximate surface area is 534 Å². The maximum Gasteiger partial charge on any atom is 0.250 e. The molecule has 452 valence electrons. The molecule has 16 rings (SSSR count). The second-order valence-corrected chi connectivity index (χ2v) is 17.9. The number of likely N-dealkylation sites (N-methyl/N-ethyl adjacent to an activating group) is 2. The Morgan fingerprint density at radius 2 is 0.718 bits per heavy atom. The van der Waals surface area contributed by atoms with Gasteiger partial charge in [-0.1, -0.05) is 254 Å². The number of hydrogen-bond acceptors (Lipinski definition) is 3. The van der Waals surface area contributed by atoms with Crippen LogP contribution in [0.25, 0.3) is 137 Å². The number of rotatable bonds is 5. The molecule has 8 aromatic carbocycles. The molecule has 8 nitrogen and oxygen atoms in total. The number of aromatic nitrogens is 6. The predicted octanol–water partition coefficient (Wildman–Crippen LogP) is 21.9. The monoisotopic (exact) mass is 1310 g/mol. The van der Waals surface area contributed by atoms with Gasteiger partial charge >= 0.3 is 0 Å². The maximum absolute atomic E-state index is 4.82. The van der Waals surface area contributed by atoms with E-state index in [1.54, 1.807) is 12.4 Å². The SMILES string of the molecule is CC.CC.CC.CC.CC.CC.CC.CC.CC.C[N-]CC1c2[c-]c3c(cc2-c2ccccc21)c1cccc2c4cc5c6cc7c8cccc9c%10cc%11c([c-]c%10n(c7[c-]c6n(-c6nccnn6)c5[c-]c4n3c12)c98)C(C[N-]C)c1ccccc1-%11.[Pd].[Pd]. The van der Waals surface area contributed by atoms with Crippen molar-refractivity contribution < 1.29 is 40.8 Å². The van der Waals surface area contributed by atoms with Gasteiger partial charge in [-0.25, -0.2) is 4.98 Å². The number of fused-ring (bicyclic) bond motifs is 21. The first-order chi connectivity index (χ1) is 41.2. The minimum atomic E-state index is 0. The van der Waals surface area contributed by atoms with Crippen LogP contribution in [0.4, 0.5) is 0 Å². The summed E-state index contributed by atoms with van der Waals surface area (Å²) < 4.78 is 6.88. The second kappa shape index (κ2) is 31.2. The molecule has 6 aromatic heterocycles. The van der Waals surface area contributed by atoms with Crippen LogP contribution in [0.3, 0.4) is 0 Å². The molecule has 0 aliphatic heterocycles. The Morgan fingerprint density at radius 1 is 0.376 bits per heavy atom. The first-order valence-electron chi connectivity index (χ1n) is 31.2. The summed E-state index contributed by atoms with van der Waals surface area (Å²) in [6.45, 7) is 37.4. The van der Waals surface area contributed by atoms with Gasteiger partial charge in [0.2, 0.25) is 0 Å². The van der Waals surface area contributed by atoms with Crippen LogP contribution in [0.15, 0.2) is 122 Å². The molecule has 0 fully saturated rings. The fourth-order valence-electron chi connectivity index (χ4n) is 12.4. The van der Waals surface area contributed by atoms with E-state index in [9.17, 15) is 0 Å². The standard InChI is InChI=1S/C57H32N8.9C2H6.2Pd/c1-58-27-47-31-11-5-3-9-29(31)37-19-41-33-13-7-15-35-43-21-45-46-22-44-36-16-8-14-34-42-20-38-30-10-4-6-12-32(30)48(28-59-2)40(38)24-50(42)64(56(34)36)52(44)26-54(46)65(57-60-17-18-61-62-57)53(45)25-51(43)63(55(33)35)49(41)23-39(37)47;9*1-2;;/h3-22,47-48H,27-28H2,1-2H3;9*1-2H3;;/q-6;;;;;;;;;;;. The van der Waals surface area contributed by atoms with Gasteiger partial charge in [0, 0.05) is 51.9 Å². The van der Waals surface area contributed by atoms with Gasteiger partial charge < -0.3 is 24.0 Å². The van der Waals surface area contributed by atoms with Gasteiger partial charge in [-0.05, 0) is 44.5 Å². The van der Waals surface area contributed by atoms with E-state index >= 15 is 0 Å². The molecule has 0 radical (unpaired) electrons. The zero-order valence-corrected chi connectivity index (χ0v) is 56.9. The molecular weight excluding hydrogens is 1230 g/mol. The zero-order chi connectivity index (χ0) is 60.4. The Morgan fingerprint density at radius 3 is 1.07 bits per heavy atom. The van der Waals surface area contributed by atoms with E-state index in [0.29, 0.717) is 19.0 Å². The molecule has 6 heterocycles. The van der Waals surface area contributed by atoms with Crippen molar-refractivity contribution in [2.24, 2.45) is 0 Å². The summed E-state index contributed by atoms with van der Waals surface area (Å²) in [6.07, 6.45) is 3.33. The topological polar surface area (TPSA) is 80.6 Å². The zero-order valence-electron chi connectivity index (χ0n) is 53.8. The molecule has 85 heavy (non-hydrogen) atoms. The van der Waals surface area contributed by atoms with E-state index in [0.717, 1.165) is 54.6 Å². The predicted molar refractivity (Wildman–Crippen MR) is 364 cm³/mol. The van der Waals surface area contributed by atoms with Crippen molar-refractivity contribution in [2.45, 2.75) is 136 Å². The van der Waals surface area contributed by atoms with Crippen LogP contribution in [0.1, 0.15) is 159 Å². The van der Waals surface area contributed by atoms with Gasteiger partial charge in [-0.3, -0.25) is 0 Å². The van der Waals surface area contributed by atoms with Gasteiger partial charge in [0.25, 0.3) is 5.95 Å². The molecular formula is C75H86N8Pd2-6. The van der Waals surface area contributed by atoms with Crippen molar-refractivity contribution in [3.05, 3.63) is 179 Å². The summed E-state index contributed by atoms with van der Waals surface area (Å²) in [6, 6.07) is 56.4. The third-order valence-electron chi connectivity index (χ3n) is 14.9. The summed E-state index contributed by atoms with van der Waals surface area (Å²) in [5.74, 6) is 0.781. The fourth-order valence-corrected chi connectivity index (χ4v) is 12.4. The summed E-state index contributed by atoms with van der Waals surface area (Å²) in [7, 11) is 3.82. The van der Waals surface area contributed by atoms with E-state index < -0.39 is 0 Å². The summed E-state index contributed by atoms with van der Waals surface area (Å²) in [5.41, 5.74) is 18.3. The molecule has 0 saturated heterocycles. The van der Waals surface area contributed by atoms with E-state index in [1.165, 1.54) is 87.9 Å². The smallest absolute Gasteiger partial charge is 0.250 e. The molecule has 2 atom stereocenters. The minimum Gasteiger partial charge on any atom is -0.664 e. The first kappa shape index (κ1) is 69.2. The van der Waals surface area contributed by atoms with Gasteiger partial charge in [0.05, 0.1) is 12.4 Å². The van der Waals surface area contributed by atoms with Crippen molar-refractivity contribution >= 4 is 98.0 Å². The van der Waals surface area contributed by atoms with E-state index in [4.69, 9.17) is 4.98 Å². The van der Waals surface area contributed by atoms with Gasteiger partial charge in [0.15, 0.2) is 0 Å². The first-order valence-corrected chi connectivity index (χ1v) is 31.2. The van der Waals surface area contributed by atoms with Crippen molar-refractivity contribution in [1.82, 2.24) is 28.5 Å². The maximum atomic E-state index is 4.82. The summed E-state index contributed by atoms with van der Waals surface area (Å²) in [4.78, 5) is 4.82. The normalized spacial score (nSPS) is 12.7. The minimum absolute atomic E-state index is 0. The largest absolute Gasteiger partial charge is 0.664 e. The molecule has 2 aliphatic rings. The Balaban J connectivity index is 0.000000609. The Kier molecular flexibility index (Phi) is 25.4. The molecule has 0 saturated carbocycles. The molecule has 14 aromatic rings. The molecule has 0 spiro atoms. The van der Waals surface area contributed by atoms with Gasteiger partial charge in [0.1, 0.15) is 0 Å². The van der Waals surface area contributed by atoms with Crippen LogP contribution in [-0.2, 0) is 40.8 Å². The quantitative estimate of drug-likeness (QED) is 0.127. The Bertz CT molecular complexity index is 4160. The van der Waals surface area contributed by atoms with Gasteiger partial charge in [-0.2, -0.15) is 66.4 Å². The van der Waals surface area contributed by atoms with Crippen LogP contribution in [0.5, 0.6) is 0 Å². The average molecular weight is 1310 g/mol. The van der Waals surface area contributed by atoms with Crippen molar-refractivity contribution in [3.8, 4) is 28.2 Å². The van der Waals surface area contributed by atoms with Crippen molar-refractivity contribution in [2.75, 3.05) is 27.2 Å². The summed E-state index contributed by atoms with van der Waals surface area (Å²) >= 11 is 0. The van der Waals surface area contributed by atoms with Crippen LogP contribution in [-0.4, -0.2) is 55.7 Å². The molecule has 2 unspecified atom stereocenters. The Hall–Kier alpha value is -6.59. The van der Waals surface area contributed by atoms with Crippen LogP contribution in [0, 0.1) is 24.3 Å². The van der Waals surface area contributed by atoms with Gasteiger partial charge in [-0.15, -0.1) is 74.1 Å². The number of para-hydroxylation sites is 2. The molecule has 0 amide bonds. The van der Waals surface area contributed by atoms with E-state index in [-0.39, 0.29) is 52.7 Å².